The van der Waals surface area contributed by atoms with Gasteiger partial charge in [-0.3, -0.25) is 9.59 Å². The lowest BCUT2D eigenvalue weighted by atomic mass is 9.63. The van der Waals surface area contributed by atoms with E-state index >= 15 is 0 Å². The fraction of sp³-hybridized carbons (Fsp3) is 0.857. The first kappa shape index (κ1) is 15.0. The van der Waals surface area contributed by atoms with Gasteiger partial charge in [0.25, 0.3) is 0 Å². The van der Waals surface area contributed by atoms with Gasteiger partial charge in [-0.25, -0.2) is 0 Å². The van der Waals surface area contributed by atoms with Crippen molar-refractivity contribution in [2.75, 3.05) is 0 Å². The Bertz CT molecular complexity index is 314. The molecule has 0 bridgehead atoms. The topological polar surface area (TPSA) is 52.6 Å². The summed E-state index contributed by atoms with van der Waals surface area (Å²) in [5.74, 6) is -0.570. The number of ether oxygens (including phenoxy) is 2. The van der Waals surface area contributed by atoms with Gasteiger partial charge in [0, 0.05) is 19.3 Å². The van der Waals surface area contributed by atoms with E-state index in [2.05, 4.69) is 13.8 Å². The Morgan fingerprint density at radius 3 is 1.50 bits per heavy atom. The molecule has 18 heavy (non-hydrogen) atoms. The van der Waals surface area contributed by atoms with Crippen LogP contribution in [0.1, 0.15) is 54.4 Å². The summed E-state index contributed by atoms with van der Waals surface area (Å²) >= 11 is 0. The van der Waals surface area contributed by atoms with E-state index in [0.717, 1.165) is 12.8 Å². The number of hydrogen-bond donors (Lipinski definition) is 0. The molecule has 2 atom stereocenters. The molecule has 0 aromatic carbocycles. The zero-order valence-corrected chi connectivity index (χ0v) is 12.2. The Labute approximate surface area is 109 Å². The summed E-state index contributed by atoms with van der Waals surface area (Å²) in [6, 6.07) is 0. The van der Waals surface area contributed by atoms with E-state index in [1.165, 1.54) is 13.8 Å². The molecule has 1 aliphatic rings. The maximum absolute atomic E-state index is 11.2. The van der Waals surface area contributed by atoms with Crippen molar-refractivity contribution >= 4 is 11.9 Å². The minimum absolute atomic E-state index is 0.00421. The highest BCUT2D eigenvalue weighted by molar-refractivity contribution is 5.67. The van der Waals surface area contributed by atoms with Crippen molar-refractivity contribution in [3.63, 3.8) is 0 Å². The highest BCUT2D eigenvalue weighted by Crippen LogP contribution is 2.47. The van der Waals surface area contributed by atoms with Gasteiger partial charge in [-0.15, -0.1) is 0 Å². The van der Waals surface area contributed by atoms with Gasteiger partial charge in [0.05, 0.1) is 0 Å². The fourth-order valence-corrected chi connectivity index (χ4v) is 2.61. The van der Waals surface area contributed by atoms with E-state index in [1.54, 1.807) is 0 Å². The molecule has 2 unspecified atom stereocenters. The first-order valence-corrected chi connectivity index (χ1v) is 6.39. The van der Waals surface area contributed by atoms with E-state index in [9.17, 15) is 9.59 Å². The quantitative estimate of drug-likeness (QED) is 0.713. The molecule has 0 N–H and O–H groups in total. The van der Waals surface area contributed by atoms with Gasteiger partial charge in [-0.05, 0) is 18.3 Å². The molecule has 0 heterocycles. The predicted octanol–water partition coefficient (Wildman–Crippen LogP) is 2.70. The van der Waals surface area contributed by atoms with Crippen LogP contribution in [0.4, 0.5) is 0 Å². The van der Waals surface area contributed by atoms with Crippen LogP contribution in [0.3, 0.4) is 0 Å². The van der Waals surface area contributed by atoms with Gasteiger partial charge in [0.15, 0.2) is 0 Å². The maximum Gasteiger partial charge on any atom is 0.302 e. The Hall–Kier alpha value is -1.06. The van der Waals surface area contributed by atoms with Crippen LogP contribution in [-0.2, 0) is 19.1 Å². The van der Waals surface area contributed by atoms with Gasteiger partial charge in [-0.2, -0.15) is 0 Å². The number of rotatable bonds is 2. The second-order valence-corrected chi connectivity index (χ2v) is 6.59. The molecule has 104 valence electrons. The van der Waals surface area contributed by atoms with Crippen molar-refractivity contribution in [3.05, 3.63) is 0 Å². The van der Waals surface area contributed by atoms with Gasteiger partial charge in [0.2, 0.25) is 0 Å². The second-order valence-electron chi connectivity index (χ2n) is 6.59. The lowest BCUT2D eigenvalue weighted by Gasteiger charge is -2.49. The zero-order chi connectivity index (χ0) is 14.1. The van der Waals surface area contributed by atoms with E-state index in [0.29, 0.717) is 0 Å². The molecule has 1 aliphatic carbocycles. The first-order valence-electron chi connectivity index (χ1n) is 6.39. The minimum atomic E-state index is -0.354. The summed E-state index contributed by atoms with van der Waals surface area (Å²) in [5, 5.41) is 0. The Kier molecular flexibility index (Phi) is 4.08. The van der Waals surface area contributed by atoms with Crippen LogP contribution >= 0.6 is 0 Å². The third-order valence-corrected chi connectivity index (χ3v) is 3.75. The monoisotopic (exact) mass is 256 g/mol. The molecule has 0 aliphatic heterocycles. The lowest BCUT2D eigenvalue weighted by Crippen LogP contribution is -2.52. The third kappa shape index (κ3) is 3.47. The Morgan fingerprint density at radius 2 is 1.22 bits per heavy atom. The normalized spacial score (nSPS) is 29.4. The molecule has 1 fully saturated rings. The first-order chi connectivity index (χ1) is 8.04. The lowest BCUT2D eigenvalue weighted by molar-refractivity contribution is -0.185. The van der Waals surface area contributed by atoms with Gasteiger partial charge in [-0.1, -0.05) is 27.7 Å². The van der Waals surface area contributed by atoms with Crippen LogP contribution in [-0.4, -0.2) is 24.1 Å². The molecule has 0 aromatic rings. The predicted molar refractivity (Wildman–Crippen MR) is 67.9 cm³/mol. The van der Waals surface area contributed by atoms with E-state index in [4.69, 9.17) is 9.47 Å². The molecule has 0 amide bonds. The number of carbonyl (C=O) groups is 2. The molecular formula is C14H24O4. The van der Waals surface area contributed by atoms with Crippen LogP contribution in [0.5, 0.6) is 0 Å². The van der Waals surface area contributed by atoms with Gasteiger partial charge >= 0.3 is 11.9 Å². The molecule has 1 rings (SSSR count). The van der Waals surface area contributed by atoms with Crippen LogP contribution in [0.15, 0.2) is 0 Å². The van der Waals surface area contributed by atoms with Crippen molar-refractivity contribution in [2.45, 2.75) is 66.6 Å². The van der Waals surface area contributed by atoms with Crippen LogP contribution in [0, 0.1) is 10.8 Å². The molecule has 4 nitrogen and oxygen atoms in total. The van der Waals surface area contributed by atoms with E-state index in [1.807, 2.05) is 13.8 Å². The van der Waals surface area contributed by atoms with Crippen molar-refractivity contribution in [2.24, 2.45) is 10.8 Å². The van der Waals surface area contributed by atoms with Gasteiger partial charge < -0.3 is 9.47 Å². The smallest absolute Gasteiger partial charge is 0.302 e. The summed E-state index contributed by atoms with van der Waals surface area (Å²) in [6.07, 6.45) is 1.14. The molecule has 0 saturated heterocycles. The number of esters is 2. The number of carbonyl (C=O) groups excluding carboxylic acids is 2. The highest BCUT2D eigenvalue weighted by Gasteiger charge is 2.50. The summed E-state index contributed by atoms with van der Waals surface area (Å²) in [7, 11) is 0. The largest absolute Gasteiger partial charge is 0.462 e. The van der Waals surface area contributed by atoms with Crippen LogP contribution in [0.25, 0.3) is 0 Å². The standard InChI is InChI=1S/C14H24O4/c1-9(15)17-11-7-13(3,4)8-12(14(11,5)6)18-10(2)16/h11-12H,7-8H2,1-6H3. The van der Waals surface area contributed by atoms with Crippen LogP contribution in [0.2, 0.25) is 0 Å². The molecule has 1 saturated carbocycles. The molecule has 0 aromatic heterocycles. The third-order valence-electron chi connectivity index (χ3n) is 3.75. The number of hydrogen-bond acceptors (Lipinski definition) is 4. The zero-order valence-electron chi connectivity index (χ0n) is 12.2. The average Bonchev–Trinajstić information content (AvgIpc) is 2.11. The maximum atomic E-state index is 11.2. The molecule has 0 radical (unpaired) electrons. The summed E-state index contributed by atoms with van der Waals surface area (Å²) in [5.41, 5.74) is -0.359. The SMILES string of the molecule is CC(=O)OC1CC(C)(C)CC(OC(C)=O)C1(C)C. The summed E-state index contributed by atoms with van der Waals surface area (Å²) < 4.78 is 10.8. The molecule has 4 heteroatoms. The molecule has 0 spiro atoms. The Morgan fingerprint density at radius 1 is 0.889 bits per heavy atom. The Balaban J connectivity index is 2.96. The van der Waals surface area contributed by atoms with E-state index in [-0.39, 0.29) is 35.0 Å². The van der Waals surface area contributed by atoms with Crippen molar-refractivity contribution in [3.8, 4) is 0 Å². The summed E-state index contributed by atoms with van der Waals surface area (Å²) in [4.78, 5) is 22.4. The van der Waals surface area contributed by atoms with Gasteiger partial charge in [0.1, 0.15) is 12.2 Å². The average molecular weight is 256 g/mol. The minimum Gasteiger partial charge on any atom is -0.462 e. The van der Waals surface area contributed by atoms with E-state index < -0.39 is 0 Å². The fourth-order valence-electron chi connectivity index (χ4n) is 2.61. The summed E-state index contributed by atoms with van der Waals surface area (Å²) in [6.45, 7) is 11.0. The molecular weight excluding hydrogens is 232 g/mol. The van der Waals surface area contributed by atoms with Crippen molar-refractivity contribution in [1.29, 1.82) is 0 Å². The highest BCUT2D eigenvalue weighted by atomic mass is 16.6. The van der Waals surface area contributed by atoms with Crippen molar-refractivity contribution < 1.29 is 19.1 Å². The second kappa shape index (κ2) is 4.90. The van der Waals surface area contributed by atoms with Crippen molar-refractivity contribution in [1.82, 2.24) is 0 Å². The van der Waals surface area contributed by atoms with Crippen LogP contribution < -0.4 is 0 Å².